The van der Waals surface area contributed by atoms with Gasteiger partial charge in [0.1, 0.15) is 17.0 Å². The fourth-order valence-corrected chi connectivity index (χ4v) is 3.59. The Balaban J connectivity index is 1.63. The van der Waals surface area contributed by atoms with Crippen LogP contribution in [0.3, 0.4) is 0 Å². The first-order chi connectivity index (χ1) is 11.6. The minimum absolute atomic E-state index is 0.131. The van der Waals surface area contributed by atoms with Crippen molar-refractivity contribution < 1.29 is 14.3 Å². The summed E-state index contributed by atoms with van der Waals surface area (Å²) in [6, 6.07) is 0.140. The smallest absolute Gasteiger partial charge is 0.410 e. The van der Waals surface area contributed by atoms with Gasteiger partial charge in [-0.1, -0.05) is 0 Å². The maximum absolute atomic E-state index is 12.3. The molecule has 1 spiro atoms. The van der Waals surface area contributed by atoms with Crippen molar-refractivity contribution in [1.82, 2.24) is 14.9 Å². The molecule has 0 saturated heterocycles. The second kappa shape index (κ2) is 5.93. The molecule has 138 valence electrons. The number of hydrogen-bond donors (Lipinski definition) is 2. The van der Waals surface area contributed by atoms with Crippen molar-refractivity contribution in [2.24, 2.45) is 0 Å². The van der Waals surface area contributed by atoms with Crippen LogP contribution in [0.25, 0.3) is 0 Å². The molecule has 0 aromatic carbocycles. The van der Waals surface area contributed by atoms with Crippen molar-refractivity contribution in [1.29, 1.82) is 0 Å². The summed E-state index contributed by atoms with van der Waals surface area (Å²) in [4.78, 5) is 22.1. The van der Waals surface area contributed by atoms with Crippen LogP contribution in [0, 0.1) is 0 Å². The summed E-state index contributed by atoms with van der Waals surface area (Å²) in [6.07, 6.45) is 3.73. The number of nitrogen functional groups attached to an aromatic ring is 2. The maximum atomic E-state index is 12.3. The lowest BCUT2D eigenvalue weighted by atomic mass is 9.79. The van der Waals surface area contributed by atoms with Gasteiger partial charge in [0.25, 0.3) is 0 Å². The molecule has 0 radical (unpaired) electrons. The molecule has 1 amide bonds. The Bertz CT molecular complexity index is 678. The average Bonchev–Trinajstić information content (AvgIpc) is 2.84. The van der Waals surface area contributed by atoms with Gasteiger partial charge in [-0.3, -0.25) is 0 Å². The highest BCUT2D eigenvalue weighted by molar-refractivity contribution is 5.68. The Labute approximate surface area is 147 Å². The molecule has 8 heteroatoms. The van der Waals surface area contributed by atoms with E-state index in [1.165, 1.54) is 0 Å². The van der Waals surface area contributed by atoms with E-state index in [1.807, 2.05) is 20.8 Å². The molecule has 1 aliphatic heterocycles. The number of carbonyl (C=O) groups is 1. The van der Waals surface area contributed by atoms with Crippen molar-refractivity contribution in [2.45, 2.75) is 70.1 Å². The van der Waals surface area contributed by atoms with E-state index in [2.05, 4.69) is 9.97 Å². The number of aromatic nitrogens is 2. The van der Waals surface area contributed by atoms with Crippen LogP contribution >= 0.6 is 0 Å². The highest BCUT2D eigenvalue weighted by atomic mass is 16.6. The van der Waals surface area contributed by atoms with Crippen LogP contribution in [0.4, 0.5) is 16.6 Å². The topological polar surface area (TPSA) is 117 Å². The number of fused-ring (bicyclic) bond motifs is 1. The summed E-state index contributed by atoms with van der Waals surface area (Å²) in [5.41, 5.74) is 11.6. The predicted octanol–water partition coefficient (Wildman–Crippen LogP) is 2.12. The quantitative estimate of drug-likeness (QED) is 0.797. The molecule has 1 fully saturated rings. The minimum atomic E-state index is -0.492. The van der Waals surface area contributed by atoms with Crippen molar-refractivity contribution in [2.75, 3.05) is 18.5 Å². The number of carbonyl (C=O) groups excluding carboxylic acids is 1. The van der Waals surface area contributed by atoms with E-state index < -0.39 is 5.60 Å². The zero-order valence-corrected chi connectivity index (χ0v) is 15.3. The van der Waals surface area contributed by atoms with Gasteiger partial charge in [-0.2, -0.15) is 9.97 Å². The molecule has 3 rings (SSSR count). The molecule has 0 bridgehead atoms. The van der Waals surface area contributed by atoms with Crippen LogP contribution in [0.1, 0.15) is 52.0 Å². The van der Waals surface area contributed by atoms with Gasteiger partial charge in [0.2, 0.25) is 11.8 Å². The predicted molar refractivity (Wildman–Crippen MR) is 94.2 cm³/mol. The summed E-state index contributed by atoms with van der Waals surface area (Å²) >= 11 is 0. The van der Waals surface area contributed by atoms with Crippen molar-refractivity contribution in [3.63, 3.8) is 0 Å². The molecule has 0 atom stereocenters. The Morgan fingerprint density at radius 3 is 2.52 bits per heavy atom. The molecule has 4 N–H and O–H groups in total. The Morgan fingerprint density at radius 1 is 1.28 bits per heavy atom. The number of ether oxygens (including phenoxy) is 2. The number of rotatable bonds is 1. The molecule has 1 aromatic heterocycles. The lowest BCUT2D eigenvalue weighted by Gasteiger charge is -2.39. The molecule has 1 saturated carbocycles. The average molecular weight is 349 g/mol. The third-order valence-electron chi connectivity index (χ3n) is 4.93. The monoisotopic (exact) mass is 349 g/mol. The van der Waals surface area contributed by atoms with E-state index >= 15 is 0 Å². The number of nitrogens with two attached hydrogens (primary N) is 2. The van der Waals surface area contributed by atoms with Crippen molar-refractivity contribution in [3.05, 3.63) is 5.56 Å². The lowest BCUT2D eigenvalue weighted by Crippen LogP contribution is -2.47. The minimum Gasteiger partial charge on any atom is -0.470 e. The zero-order chi connectivity index (χ0) is 18.4. The van der Waals surface area contributed by atoms with Crippen molar-refractivity contribution in [3.8, 4) is 5.88 Å². The standard InChI is InChI=1S/C17H27N5O3/c1-16(2,3)25-15(23)22(4)10-5-7-17(8-6-10)9-11-12(18)20-14(19)21-13(11)24-17/h10H,5-9H2,1-4H3,(H4,18,19,20,21). The third-order valence-corrected chi connectivity index (χ3v) is 4.93. The second-order valence-electron chi connectivity index (χ2n) is 8.04. The fraction of sp³-hybridized carbons (Fsp3) is 0.706. The van der Waals surface area contributed by atoms with Crippen LogP contribution in [0.15, 0.2) is 0 Å². The molecule has 25 heavy (non-hydrogen) atoms. The summed E-state index contributed by atoms with van der Waals surface area (Å²) in [7, 11) is 1.80. The molecule has 1 aromatic rings. The van der Waals surface area contributed by atoms with Gasteiger partial charge in [0.05, 0.1) is 5.56 Å². The summed E-state index contributed by atoms with van der Waals surface area (Å²) < 4.78 is 11.6. The third kappa shape index (κ3) is 3.57. The Kier molecular flexibility index (Phi) is 4.17. The van der Waals surface area contributed by atoms with Gasteiger partial charge >= 0.3 is 6.09 Å². The Hall–Kier alpha value is -2.25. The molecule has 8 nitrogen and oxygen atoms in total. The van der Waals surface area contributed by atoms with Gasteiger partial charge in [-0.15, -0.1) is 0 Å². The lowest BCUT2D eigenvalue weighted by molar-refractivity contribution is -0.00296. The largest absolute Gasteiger partial charge is 0.470 e. The molecular weight excluding hydrogens is 322 g/mol. The fourth-order valence-electron chi connectivity index (χ4n) is 3.59. The molecule has 2 heterocycles. The number of amides is 1. The van der Waals surface area contributed by atoms with E-state index in [-0.39, 0.29) is 23.7 Å². The van der Waals surface area contributed by atoms with E-state index in [9.17, 15) is 4.79 Å². The van der Waals surface area contributed by atoms with Crippen molar-refractivity contribution >= 4 is 17.9 Å². The zero-order valence-electron chi connectivity index (χ0n) is 15.3. The van der Waals surface area contributed by atoms with E-state index in [0.29, 0.717) is 18.1 Å². The van der Waals surface area contributed by atoms with Gasteiger partial charge in [-0.05, 0) is 46.5 Å². The normalized spacial score (nSPS) is 25.4. The molecular formula is C17H27N5O3. The molecule has 1 aliphatic carbocycles. The van der Waals surface area contributed by atoms with E-state index in [4.69, 9.17) is 20.9 Å². The maximum Gasteiger partial charge on any atom is 0.410 e. The van der Waals surface area contributed by atoms with E-state index in [0.717, 1.165) is 31.2 Å². The van der Waals surface area contributed by atoms with Gasteiger partial charge in [-0.25, -0.2) is 4.79 Å². The SMILES string of the molecule is CN(C(=O)OC(C)(C)C)C1CCC2(CC1)Cc1c(N)nc(N)nc1O2. The number of hydrogen-bond acceptors (Lipinski definition) is 7. The first-order valence-electron chi connectivity index (χ1n) is 8.65. The molecule has 2 aliphatic rings. The summed E-state index contributed by atoms with van der Waals surface area (Å²) in [5.74, 6) is 1.03. The first-order valence-corrected chi connectivity index (χ1v) is 8.65. The van der Waals surface area contributed by atoms with Gasteiger partial charge in [0.15, 0.2) is 0 Å². The van der Waals surface area contributed by atoms with E-state index in [1.54, 1.807) is 11.9 Å². The van der Waals surface area contributed by atoms with Crippen LogP contribution in [0.2, 0.25) is 0 Å². The highest BCUT2D eigenvalue weighted by Crippen LogP contribution is 2.44. The second-order valence-corrected chi connectivity index (χ2v) is 8.04. The van der Waals surface area contributed by atoms with Crippen LogP contribution < -0.4 is 16.2 Å². The van der Waals surface area contributed by atoms with Gasteiger partial charge < -0.3 is 25.8 Å². The molecule has 0 unspecified atom stereocenters. The van der Waals surface area contributed by atoms with Crippen LogP contribution in [-0.4, -0.2) is 45.3 Å². The van der Waals surface area contributed by atoms with Gasteiger partial charge in [0, 0.05) is 19.5 Å². The number of nitrogens with zero attached hydrogens (tertiary/aromatic N) is 3. The first kappa shape index (κ1) is 17.6. The highest BCUT2D eigenvalue weighted by Gasteiger charge is 2.45. The van der Waals surface area contributed by atoms with Crippen LogP contribution in [-0.2, 0) is 11.2 Å². The Morgan fingerprint density at radius 2 is 1.92 bits per heavy atom. The summed E-state index contributed by atoms with van der Waals surface area (Å²) in [5, 5.41) is 0. The van der Waals surface area contributed by atoms with Crippen LogP contribution in [0.5, 0.6) is 5.88 Å². The number of anilines is 2. The summed E-state index contributed by atoms with van der Waals surface area (Å²) in [6.45, 7) is 5.61.